The first-order chi connectivity index (χ1) is 26.0. The number of hydrogen-bond acceptors (Lipinski definition) is 3. The molecule has 5 heteroatoms. The summed E-state index contributed by atoms with van der Waals surface area (Å²) < 4.78 is 8.77. The number of rotatable bonds is 3. The largest absolute Gasteiger partial charge is 0.456 e. The predicted octanol–water partition coefficient (Wildman–Crippen LogP) is 12.7. The Morgan fingerprint density at radius 3 is 1.89 bits per heavy atom. The first kappa shape index (κ1) is 33.7. The van der Waals surface area contributed by atoms with Gasteiger partial charge in [0.1, 0.15) is 11.2 Å². The molecule has 0 unspecified atom stereocenters. The summed E-state index contributed by atoms with van der Waals surface area (Å²) in [7, 11) is 0. The summed E-state index contributed by atoms with van der Waals surface area (Å²) in [6, 6.07) is 53.0. The molecule has 5 heterocycles. The van der Waals surface area contributed by atoms with Gasteiger partial charge in [-0.3, -0.25) is 0 Å². The minimum Gasteiger partial charge on any atom is -0.456 e. The van der Waals surface area contributed by atoms with Crippen molar-refractivity contribution >= 4 is 60.0 Å². The third kappa shape index (κ3) is 5.48. The molecule has 0 amide bonds. The summed E-state index contributed by atoms with van der Waals surface area (Å²) >= 11 is 0. The minimum absolute atomic E-state index is 0. The van der Waals surface area contributed by atoms with Crippen molar-refractivity contribution in [2.24, 2.45) is 0 Å². The van der Waals surface area contributed by atoms with E-state index in [4.69, 9.17) is 4.42 Å². The Balaban J connectivity index is 0.000000253. The average molecular weight is 872 g/mol. The average Bonchev–Trinajstić information content (AvgIpc) is 3.83. The molecule has 54 heavy (non-hydrogen) atoms. The number of pyridine rings is 2. The molecule has 0 aliphatic heterocycles. The van der Waals surface area contributed by atoms with Crippen LogP contribution in [-0.2, 0) is 20.1 Å². The third-order valence-electron chi connectivity index (χ3n) is 10.4. The fourth-order valence-electron chi connectivity index (χ4n) is 8.23. The molecule has 0 bridgehead atoms. The summed E-state index contributed by atoms with van der Waals surface area (Å²) in [4.78, 5) is 8.83. The van der Waals surface area contributed by atoms with E-state index >= 15 is 0 Å². The van der Waals surface area contributed by atoms with E-state index in [-0.39, 0.29) is 20.1 Å². The van der Waals surface area contributed by atoms with Crippen LogP contribution in [0.3, 0.4) is 0 Å². The maximum absolute atomic E-state index is 6.35. The van der Waals surface area contributed by atoms with E-state index in [1.807, 2.05) is 72.9 Å². The number of aromatic nitrogens is 3. The van der Waals surface area contributed by atoms with Gasteiger partial charge in [-0.25, -0.2) is 0 Å². The molecule has 0 saturated heterocycles. The Morgan fingerprint density at radius 1 is 0.537 bits per heavy atom. The van der Waals surface area contributed by atoms with Gasteiger partial charge in [0.05, 0.1) is 5.52 Å². The van der Waals surface area contributed by atoms with E-state index in [1.54, 1.807) is 6.20 Å². The number of fused-ring (bicyclic) bond motifs is 9. The van der Waals surface area contributed by atoms with Gasteiger partial charge in [-0.2, -0.15) is 0 Å². The van der Waals surface area contributed by atoms with Gasteiger partial charge in [0.2, 0.25) is 0 Å². The van der Waals surface area contributed by atoms with Gasteiger partial charge in [0, 0.05) is 59.6 Å². The molecule has 0 saturated carbocycles. The Bertz CT molecular complexity index is 3070. The molecule has 1 radical (unpaired) electrons. The second kappa shape index (κ2) is 13.4. The first-order valence-corrected chi connectivity index (χ1v) is 17.9. The maximum atomic E-state index is 6.35. The van der Waals surface area contributed by atoms with Gasteiger partial charge < -0.3 is 18.8 Å². The number of benzene rings is 6. The molecule has 0 aliphatic carbocycles. The molecule has 0 aliphatic rings. The SMILES string of the molecule is Cc1cc(C)c(-c2cc3c4cc(-c5ccccn5)[c-]cc4n4c5cc6c(cc5c(c2)c34)oc2ccccc26)c(C)c1.[Ir].[c-]1ccccc1-c1ccccn1. The molecular formula is C49H33IrN3O-2. The minimum atomic E-state index is 0. The molecule has 0 fully saturated rings. The Hall–Kier alpha value is -6.13. The van der Waals surface area contributed by atoms with Crippen LogP contribution in [0.5, 0.6) is 0 Å². The van der Waals surface area contributed by atoms with Crippen LogP contribution in [0.25, 0.3) is 93.7 Å². The van der Waals surface area contributed by atoms with Crippen molar-refractivity contribution in [3.05, 3.63) is 175 Å². The van der Waals surface area contributed by atoms with Crippen LogP contribution in [0, 0.1) is 32.9 Å². The van der Waals surface area contributed by atoms with E-state index in [0.717, 1.165) is 50.0 Å². The molecule has 0 atom stereocenters. The van der Waals surface area contributed by atoms with E-state index in [2.05, 4.69) is 114 Å². The molecule has 11 aromatic rings. The van der Waals surface area contributed by atoms with Gasteiger partial charge in [-0.05, 0) is 108 Å². The number of aryl methyl sites for hydroxylation is 3. The normalized spacial score (nSPS) is 11.5. The van der Waals surface area contributed by atoms with Crippen LogP contribution in [0.1, 0.15) is 16.7 Å². The van der Waals surface area contributed by atoms with Crippen molar-refractivity contribution in [2.75, 3.05) is 0 Å². The van der Waals surface area contributed by atoms with Crippen molar-refractivity contribution < 1.29 is 24.5 Å². The second-order valence-corrected chi connectivity index (χ2v) is 13.8. The van der Waals surface area contributed by atoms with Crippen LogP contribution < -0.4 is 0 Å². The van der Waals surface area contributed by atoms with E-state index in [1.165, 1.54) is 60.4 Å². The fourth-order valence-corrected chi connectivity index (χ4v) is 8.23. The second-order valence-electron chi connectivity index (χ2n) is 13.8. The summed E-state index contributed by atoms with van der Waals surface area (Å²) in [5.41, 5.74) is 15.8. The van der Waals surface area contributed by atoms with Gasteiger partial charge in [-0.15, -0.1) is 59.7 Å². The molecule has 11 rings (SSSR count). The zero-order valence-electron chi connectivity index (χ0n) is 29.9. The maximum Gasteiger partial charge on any atom is 0.136 e. The van der Waals surface area contributed by atoms with Crippen molar-refractivity contribution in [3.8, 4) is 33.6 Å². The molecule has 0 spiro atoms. The Morgan fingerprint density at radius 2 is 1.20 bits per heavy atom. The number of nitrogens with zero attached hydrogens (tertiary/aromatic N) is 3. The first-order valence-electron chi connectivity index (χ1n) is 17.9. The summed E-state index contributed by atoms with van der Waals surface area (Å²) in [6.45, 7) is 6.62. The molecule has 5 aromatic heterocycles. The monoisotopic (exact) mass is 872 g/mol. The van der Waals surface area contributed by atoms with Crippen molar-refractivity contribution in [3.63, 3.8) is 0 Å². The van der Waals surface area contributed by atoms with Gasteiger partial charge in [0.15, 0.2) is 0 Å². The fraction of sp³-hybridized carbons (Fsp3) is 0.0612. The number of furan rings is 1. The van der Waals surface area contributed by atoms with Crippen LogP contribution in [0.4, 0.5) is 0 Å². The smallest absolute Gasteiger partial charge is 0.136 e. The Kier molecular flexibility index (Phi) is 8.34. The van der Waals surface area contributed by atoms with Crippen LogP contribution in [0.15, 0.2) is 150 Å². The van der Waals surface area contributed by atoms with E-state index in [9.17, 15) is 0 Å². The van der Waals surface area contributed by atoms with E-state index in [0.29, 0.717) is 0 Å². The van der Waals surface area contributed by atoms with Gasteiger partial charge in [0.25, 0.3) is 0 Å². The standard InChI is InChI=1S/C38H25N2O.C11H8N.Ir/c1-21-14-22(2)37(23(3)15-21)25-17-30-27-16-24(32-9-6-7-13-39-32)11-12-33(27)40-34-19-29-26-8-4-5-10-35(26)41-36(29)20-28(34)31(18-25)38(30)40;1-2-6-10(7-3-1)11-8-4-5-9-12-11;/h4-10,12-20H,1-3H3;1-6,8-9H;/q2*-1;. The van der Waals surface area contributed by atoms with Crippen molar-refractivity contribution in [2.45, 2.75) is 20.8 Å². The number of hydrogen-bond donors (Lipinski definition) is 0. The van der Waals surface area contributed by atoms with Gasteiger partial charge >= 0.3 is 0 Å². The van der Waals surface area contributed by atoms with Crippen LogP contribution >= 0.6 is 0 Å². The summed E-state index contributed by atoms with van der Waals surface area (Å²) in [5, 5.41) is 7.19. The molecular weight excluding hydrogens is 839 g/mol. The van der Waals surface area contributed by atoms with Crippen molar-refractivity contribution in [1.29, 1.82) is 0 Å². The zero-order chi connectivity index (χ0) is 35.6. The van der Waals surface area contributed by atoms with Crippen molar-refractivity contribution in [1.82, 2.24) is 14.4 Å². The Labute approximate surface area is 326 Å². The van der Waals surface area contributed by atoms with E-state index < -0.39 is 0 Å². The number of para-hydroxylation sites is 1. The topological polar surface area (TPSA) is 43.3 Å². The molecule has 0 N–H and O–H groups in total. The molecule has 4 nitrogen and oxygen atoms in total. The summed E-state index contributed by atoms with van der Waals surface area (Å²) in [6.07, 6.45) is 3.63. The summed E-state index contributed by atoms with van der Waals surface area (Å²) in [5.74, 6) is 0. The van der Waals surface area contributed by atoms with Gasteiger partial charge in [-0.1, -0.05) is 65.5 Å². The quantitative estimate of drug-likeness (QED) is 0.166. The third-order valence-corrected chi connectivity index (χ3v) is 10.4. The van der Waals surface area contributed by atoms with Crippen LogP contribution in [0.2, 0.25) is 0 Å². The van der Waals surface area contributed by atoms with Crippen LogP contribution in [-0.4, -0.2) is 14.4 Å². The zero-order valence-corrected chi connectivity index (χ0v) is 32.3. The molecule has 6 aromatic carbocycles. The molecule has 261 valence electrons. The predicted molar refractivity (Wildman–Crippen MR) is 219 cm³/mol.